The van der Waals surface area contributed by atoms with Crippen LogP contribution in [0, 0.1) is 11.3 Å². The molecule has 1 heterocycles. The fourth-order valence-corrected chi connectivity index (χ4v) is 0.924. The average molecular weight is 160 g/mol. The fraction of sp³-hybridized carbons (Fsp3) is 0.333. The second-order valence-electron chi connectivity index (χ2n) is 2.81. The van der Waals surface area contributed by atoms with Crippen LogP contribution in [0.2, 0.25) is 0 Å². The van der Waals surface area contributed by atoms with Gasteiger partial charge in [0.1, 0.15) is 17.5 Å². The number of ether oxygens (including phenoxy) is 1. The van der Waals surface area contributed by atoms with Gasteiger partial charge in [0.05, 0.1) is 6.10 Å². The number of rotatable bonds is 2. The van der Waals surface area contributed by atoms with Crippen LogP contribution in [-0.2, 0) is 0 Å². The van der Waals surface area contributed by atoms with Crippen molar-refractivity contribution < 1.29 is 4.74 Å². The highest BCUT2D eigenvalue weighted by molar-refractivity contribution is 5.30. The molecule has 0 aromatic carbocycles. The summed E-state index contributed by atoms with van der Waals surface area (Å²) in [6, 6.07) is 5.41. The Morgan fingerprint density at radius 2 is 2.42 bits per heavy atom. The maximum absolute atomic E-state index is 8.54. The van der Waals surface area contributed by atoms with E-state index in [9.17, 15) is 0 Å². The summed E-state index contributed by atoms with van der Waals surface area (Å²) in [6.45, 7) is 0. The van der Waals surface area contributed by atoms with Crippen LogP contribution in [0.25, 0.3) is 0 Å². The molecular formula is C9H8N2O. The van der Waals surface area contributed by atoms with Gasteiger partial charge in [-0.25, -0.2) is 4.98 Å². The summed E-state index contributed by atoms with van der Waals surface area (Å²) in [6.07, 6.45) is 4.23. The molecule has 1 aromatic heterocycles. The van der Waals surface area contributed by atoms with Crippen LogP contribution in [0.5, 0.6) is 5.75 Å². The zero-order chi connectivity index (χ0) is 8.39. The van der Waals surface area contributed by atoms with E-state index in [0.717, 1.165) is 18.6 Å². The lowest BCUT2D eigenvalue weighted by Gasteiger charge is -2.02. The molecule has 3 nitrogen and oxygen atoms in total. The van der Waals surface area contributed by atoms with E-state index in [2.05, 4.69) is 4.98 Å². The molecule has 1 aromatic rings. The third kappa shape index (κ3) is 1.54. The number of aromatic nitrogens is 1. The minimum Gasteiger partial charge on any atom is -0.490 e. The van der Waals surface area contributed by atoms with Gasteiger partial charge < -0.3 is 4.74 Å². The predicted molar refractivity (Wildman–Crippen MR) is 42.6 cm³/mol. The van der Waals surface area contributed by atoms with Crippen molar-refractivity contribution in [2.75, 3.05) is 0 Å². The first-order chi connectivity index (χ1) is 5.88. The van der Waals surface area contributed by atoms with Crippen molar-refractivity contribution in [3.8, 4) is 11.8 Å². The molecule has 0 unspecified atom stereocenters. The molecule has 0 atom stereocenters. The van der Waals surface area contributed by atoms with E-state index in [1.54, 1.807) is 18.3 Å². The molecule has 0 N–H and O–H groups in total. The van der Waals surface area contributed by atoms with Gasteiger partial charge >= 0.3 is 0 Å². The van der Waals surface area contributed by atoms with Crippen LogP contribution in [-0.4, -0.2) is 11.1 Å². The lowest BCUT2D eigenvalue weighted by atomic mass is 10.3. The standard InChI is InChI=1S/C9H8N2O/c10-6-7-5-9(3-4-11-7)12-8-1-2-8/h3-5,8H,1-2H2. The zero-order valence-electron chi connectivity index (χ0n) is 6.53. The van der Waals surface area contributed by atoms with Crippen LogP contribution in [0.3, 0.4) is 0 Å². The summed E-state index contributed by atoms with van der Waals surface area (Å²) in [7, 11) is 0. The predicted octanol–water partition coefficient (Wildman–Crippen LogP) is 1.49. The van der Waals surface area contributed by atoms with Crippen molar-refractivity contribution in [3.05, 3.63) is 24.0 Å². The van der Waals surface area contributed by atoms with Gasteiger partial charge in [-0.2, -0.15) is 5.26 Å². The normalized spacial score (nSPS) is 15.2. The van der Waals surface area contributed by atoms with E-state index < -0.39 is 0 Å². The molecular weight excluding hydrogens is 152 g/mol. The Hall–Kier alpha value is -1.56. The largest absolute Gasteiger partial charge is 0.490 e. The maximum Gasteiger partial charge on any atom is 0.144 e. The van der Waals surface area contributed by atoms with Gasteiger partial charge in [0.25, 0.3) is 0 Å². The molecule has 60 valence electrons. The van der Waals surface area contributed by atoms with Crippen LogP contribution >= 0.6 is 0 Å². The fourth-order valence-electron chi connectivity index (χ4n) is 0.924. The van der Waals surface area contributed by atoms with Gasteiger partial charge in [0.15, 0.2) is 0 Å². The minimum absolute atomic E-state index is 0.374. The van der Waals surface area contributed by atoms with E-state index in [-0.39, 0.29) is 0 Å². The molecule has 1 saturated carbocycles. The first-order valence-corrected chi connectivity index (χ1v) is 3.91. The smallest absolute Gasteiger partial charge is 0.144 e. The van der Waals surface area contributed by atoms with Crippen LogP contribution in [0.4, 0.5) is 0 Å². The third-order valence-corrected chi connectivity index (χ3v) is 1.67. The number of hydrogen-bond acceptors (Lipinski definition) is 3. The molecule has 3 heteroatoms. The Morgan fingerprint density at radius 3 is 3.08 bits per heavy atom. The van der Waals surface area contributed by atoms with Gasteiger partial charge in [0, 0.05) is 12.3 Å². The number of hydrogen-bond donors (Lipinski definition) is 0. The number of nitriles is 1. The molecule has 0 amide bonds. The quantitative estimate of drug-likeness (QED) is 0.658. The molecule has 0 spiro atoms. The topological polar surface area (TPSA) is 45.9 Å². The zero-order valence-corrected chi connectivity index (χ0v) is 6.53. The lowest BCUT2D eigenvalue weighted by Crippen LogP contribution is -1.96. The summed E-state index contributed by atoms with van der Waals surface area (Å²) >= 11 is 0. The SMILES string of the molecule is N#Cc1cc(OC2CC2)ccn1. The summed E-state index contributed by atoms with van der Waals surface area (Å²) in [5.41, 5.74) is 0.410. The van der Waals surface area contributed by atoms with E-state index in [1.807, 2.05) is 6.07 Å². The Labute approximate surface area is 70.6 Å². The third-order valence-electron chi connectivity index (χ3n) is 1.67. The molecule has 12 heavy (non-hydrogen) atoms. The summed E-state index contributed by atoms with van der Waals surface area (Å²) in [5.74, 6) is 0.754. The lowest BCUT2D eigenvalue weighted by molar-refractivity contribution is 0.303. The van der Waals surface area contributed by atoms with Crippen LogP contribution in [0.1, 0.15) is 18.5 Å². The Morgan fingerprint density at radius 1 is 1.58 bits per heavy atom. The second-order valence-corrected chi connectivity index (χ2v) is 2.81. The van der Waals surface area contributed by atoms with E-state index in [4.69, 9.17) is 10.00 Å². The molecule has 1 fully saturated rings. The molecule has 2 rings (SSSR count). The van der Waals surface area contributed by atoms with Crippen molar-refractivity contribution in [1.82, 2.24) is 4.98 Å². The van der Waals surface area contributed by atoms with E-state index >= 15 is 0 Å². The van der Waals surface area contributed by atoms with Crippen LogP contribution < -0.4 is 4.74 Å². The highest BCUT2D eigenvalue weighted by atomic mass is 16.5. The molecule has 0 bridgehead atoms. The Balaban J connectivity index is 2.15. The highest BCUT2D eigenvalue weighted by Gasteiger charge is 2.23. The minimum atomic E-state index is 0.374. The second kappa shape index (κ2) is 2.82. The first-order valence-electron chi connectivity index (χ1n) is 3.91. The molecule has 0 radical (unpaired) electrons. The number of nitrogens with zero attached hydrogens (tertiary/aromatic N) is 2. The molecule has 0 saturated heterocycles. The monoisotopic (exact) mass is 160 g/mol. The van der Waals surface area contributed by atoms with Crippen molar-refractivity contribution in [3.63, 3.8) is 0 Å². The van der Waals surface area contributed by atoms with Crippen molar-refractivity contribution >= 4 is 0 Å². The van der Waals surface area contributed by atoms with Crippen LogP contribution in [0.15, 0.2) is 18.3 Å². The average Bonchev–Trinajstić information content (AvgIpc) is 2.89. The summed E-state index contributed by atoms with van der Waals surface area (Å²) < 4.78 is 5.48. The van der Waals surface area contributed by atoms with Gasteiger partial charge in [-0.3, -0.25) is 0 Å². The summed E-state index contributed by atoms with van der Waals surface area (Å²) in [4.78, 5) is 3.84. The highest BCUT2D eigenvalue weighted by Crippen LogP contribution is 2.26. The van der Waals surface area contributed by atoms with Gasteiger partial charge in [-0.1, -0.05) is 0 Å². The first kappa shape index (κ1) is 7.11. The van der Waals surface area contributed by atoms with Gasteiger partial charge in [-0.15, -0.1) is 0 Å². The van der Waals surface area contributed by atoms with Gasteiger partial charge in [0.2, 0.25) is 0 Å². The number of pyridine rings is 1. The maximum atomic E-state index is 8.54. The van der Waals surface area contributed by atoms with Crippen molar-refractivity contribution in [2.24, 2.45) is 0 Å². The van der Waals surface area contributed by atoms with E-state index in [0.29, 0.717) is 11.8 Å². The summed E-state index contributed by atoms with van der Waals surface area (Å²) in [5, 5.41) is 8.54. The Kier molecular flexibility index (Phi) is 1.67. The molecule has 0 aliphatic heterocycles. The van der Waals surface area contributed by atoms with Crippen molar-refractivity contribution in [2.45, 2.75) is 18.9 Å². The Bertz CT molecular complexity index is 326. The molecule has 1 aliphatic rings. The van der Waals surface area contributed by atoms with Crippen molar-refractivity contribution in [1.29, 1.82) is 5.26 Å². The molecule has 1 aliphatic carbocycles. The van der Waals surface area contributed by atoms with E-state index in [1.165, 1.54) is 0 Å². The van der Waals surface area contributed by atoms with Gasteiger partial charge in [-0.05, 0) is 18.9 Å².